The molecule has 1 N–H and O–H groups in total. The quantitative estimate of drug-likeness (QED) is 0.758. The van der Waals surface area contributed by atoms with Crippen LogP contribution in [0.2, 0.25) is 0 Å². The van der Waals surface area contributed by atoms with Crippen molar-refractivity contribution in [3.05, 3.63) is 28.9 Å². The third-order valence-electron chi connectivity index (χ3n) is 7.50. The van der Waals surface area contributed by atoms with E-state index in [0.717, 1.165) is 32.4 Å². The molecule has 0 spiro atoms. The molecule has 1 aromatic heterocycles. The number of piperidine rings is 3. The minimum absolute atomic E-state index is 0.00942. The van der Waals surface area contributed by atoms with E-state index < -0.39 is 0 Å². The fraction of sp³-hybridized carbons (Fsp3) is 0.727. The van der Waals surface area contributed by atoms with Gasteiger partial charge in [0.15, 0.2) is 0 Å². The number of nitrogens with zero attached hydrogens (tertiary/aromatic N) is 4. The van der Waals surface area contributed by atoms with Gasteiger partial charge in [-0.15, -0.1) is 0 Å². The van der Waals surface area contributed by atoms with E-state index in [2.05, 4.69) is 15.2 Å². The molecule has 5 rings (SSSR count). The summed E-state index contributed by atoms with van der Waals surface area (Å²) in [5.41, 5.74) is -0.387. The number of hydrogen-bond donors (Lipinski definition) is 1. The van der Waals surface area contributed by atoms with Crippen molar-refractivity contribution >= 4 is 11.8 Å². The van der Waals surface area contributed by atoms with Crippen molar-refractivity contribution in [1.82, 2.24) is 24.7 Å². The Bertz CT molecular complexity index is 866. The van der Waals surface area contributed by atoms with Crippen LogP contribution in [0.5, 0.6) is 0 Å². The summed E-state index contributed by atoms with van der Waals surface area (Å²) in [5.74, 6) is 1.26. The van der Waals surface area contributed by atoms with E-state index >= 15 is 0 Å². The molecular weight excluding hydrogens is 382 g/mol. The second kappa shape index (κ2) is 8.13. The van der Waals surface area contributed by atoms with Crippen LogP contribution in [0, 0.1) is 17.8 Å². The molecule has 1 aliphatic carbocycles. The summed E-state index contributed by atoms with van der Waals surface area (Å²) in [6.45, 7) is 3.31. The van der Waals surface area contributed by atoms with Gasteiger partial charge >= 0.3 is 5.69 Å². The maximum absolute atomic E-state index is 13.0. The highest BCUT2D eigenvalue weighted by Crippen LogP contribution is 2.41. The molecule has 3 aliphatic heterocycles. The zero-order valence-corrected chi connectivity index (χ0v) is 17.4. The Hall–Kier alpha value is -2.22. The monoisotopic (exact) mass is 413 g/mol. The van der Waals surface area contributed by atoms with E-state index in [-0.39, 0.29) is 30.0 Å². The lowest BCUT2D eigenvalue weighted by Gasteiger charge is -2.56. The minimum Gasteiger partial charge on any atom is -0.354 e. The number of aromatic nitrogens is 2. The van der Waals surface area contributed by atoms with Gasteiger partial charge < -0.3 is 10.2 Å². The highest BCUT2D eigenvalue weighted by molar-refractivity contribution is 5.80. The Balaban J connectivity index is 1.30. The van der Waals surface area contributed by atoms with Crippen molar-refractivity contribution in [1.29, 1.82) is 0 Å². The van der Waals surface area contributed by atoms with Crippen LogP contribution in [0.3, 0.4) is 0 Å². The number of amides is 2. The van der Waals surface area contributed by atoms with Gasteiger partial charge in [-0.25, -0.2) is 9.78 Å². The first-order chi connectivity index (χ1) is 14.6. The maximum atomic E-state index is 13.0. The first kappa shape index (κ1) is 19.7. The molecule has 3 saturated heterocycles. The lowest BCUT2D eigenvalue weighted by Crippen LogP contribution is -2.66. The molecule has 162 valence electrons. The van der Waals surface area contributed by atoms with Crippen molar-refractivity contribution in [3.8, 4) is 0 Å². The molecule has 2 amide bonds. The highest BCUT2D eigenvalue weighted by atomic mass is 16.2. The Morgan fingerprint density at radius 3 is 2.77 bits per heavy atom. The number of nitrogens with one attached hydrogen (secondary N) is 1. The van der Waals surface area contributed by atoms with Crippen LogP contribution in [0.15, 0.2) is 23.3 Å². The average molecular weight is 414 g/mol. The molecule has 8 heteroatoms. The van der Waals surface area contributed by atoms with Crippen molar-refractivity contribution in [2.24, 2.45) is 17.8 Å². The molecule has 0 radical (unpaired) electrons. The molecular formula is C22H31N5O3. The van der Waals surface area contributed by atoms with E-state index in [4.69, 9.17) is 0 Å². The molecule has 4 fully saturated rings. The summed E-state index contributed by atoms with van der Waals surface area (Å²) in [6, 6.07) is 2.47. The van der Waals surface area contributed by atoms with Crippen molar-refractivity contribution in [3.63, 3.8) is 0 Å². The lowest BCUT2D eigenvalue weighted by molar-refractivity contribution is -0.142. The van der Waals surface area contributed by atoms with E-state index in [0.29, 0.717) is 37.0 Å². The van der Waals surface area contributed by atoms with Crippen LogP contribution in [0.1, 0.15) is 38.5 Å². The zero-order valence-electron chi connectivity index (χ0n) is 17.4. The van der Waals surface area contributed by atoms with Crippen LogP contribution < -0.4 is 11.0 Å². The second-order valence-electron chi connectivity index (χ2n) is 9.47. The van der Waals surface area contributed by atoms with Gasteiger partial charge in [0.05, 0.1) is 0 Å². The van der Waals surface area contributed by atoms with E-state index in [9.17, 15) is 14.4 Å². The topological polar surface area (TPSA) is 87.5 Å². The first-order valence-electron chi connectivity index (χ1n) is 11.4. The molecule has 4 heterocycles. The number of likely N-dealkylation sites (tertiary alicyclic amines) is 1. The number of carbonyl (C=O) groups excluding carboxylic acids is 2. The fourth-order valence-electron chi connectivity index (χ4n) is 5.84. The highest BCUT2D eigenvalue weighted by Gasteiger charge is 2.48. The van der Waals surface area contributed by atoms with Crippen LogP contribution in [0.25, 0.3) is 0 Å². The lowest BCUT2D eigenvalue weighted by atomic mass is 9.72. The van der Waals surface area contributed by atoms with Crippen LogP contribution in [-0.4, -0.2) is 69.4 Å². The summed E-state index contributed by atoms with van der Waals surface area (Å²) in [6.07, 6.45) is 9.87. The summed E-state index contributed by atoms with van der Waals surface area (Å²) >= 11 is 0. The van der Waals surface area contributed by atoms with Crippen LogP contribution >= 0.6 is 0 Å². The Morgan fingerprint density at radius 2 is 1.97 bits per heavy atom. The summed E-state index contributed by atoms with van der Waals surface area (Å²) in [7, 11) is 0. The Kier molecular flexibility index (Phi) is 5.35. The summed E-state index contributed by atoms with van der Waals surface area (Å²) in [5, 5.41) is 3.20. The van der Waals surface area contributed by atoms with Gasteiger partial charge in [-0.05, 0) is 56.6 Å². The molecule has 30 heavy (non-hydrogen) atoms. The van der Waals surface area contributed by atoms with Gasteiger partial charge in [-0.3, -0.25) is 19.1 Å². The Labute approximate surface area is 176 Å². The van der Waals surface area contributed by atoms with E-state index in [1.165, 1.54) is 30.0 Å². The van der Waals surface area contributed by atoms with Gasteiger partial charge in [-0.1, -0.05) is 6.42 Å². The molecule has 4 atom stereocenters. The molecule has 1 aromatic rings. The minimum atomic E-state index is -0.387. The standard InChI is InChI=1S/C22H31N5O3/c28-20(14-25-8-3-7-23-22(25)30)26-12-16-10-17(13-26)19(11-24-21(29)15-5-6-15)27-9-2-1-4-18(16)27/h3,7-8,15-19H,1-2,4-6,9-14H2,(H,24,29)/t16-,17+,18+,19+/m1/s1. The molecule has 0 unspecified atom stereocenters. The normalized spacial score (nSPS) is 31.1. The molecule has 4 aliphatic rings. The zero-order chi connectivity index (χ0) is 20.7. The van der Waals surface area contributed by atoms with E-state index in [1.807, 2.05) is 4.90 Å². The second-order valence-corrected chi connectivity index (χ2v) is 9.47. The van der Waals surface area contributed by atoms with Crippen LogP contribution in [-0.2, 0) is 16.1 Å². The van der Waals surface area contributed by atoms with Gasteiger partial charge in [0, 0.05) is 50.0 Å². The predicted octanol–water partition coefficient (Wildman–Crippen LogP) is 0.471. The van der Waals surface area contributed by atoms with Crippen LogP contribution in [0.4, 0.5) is 0 Å². The van der Waals surface area contributed by atoms with Crippen molar-refractivity contribution < 1.29 is 9.59 Å². The number of fused-ring (bicyclic) bond motifs is 4. The third kappa shape index (κ3) is 3.89. The SMILES string of the molecule is O=C(NC[C@H]1[C@H]2C[C@H](CN(C(=O)Cn3cccnc3=O)C2)[C@@H]2CCCCN21)C1CC1. The van der Waals surface area contributed by atoms with Gasteiger partial charge in [0.2, 0.25) is 11.8 Å². The molecule has 0 aromatic carbocycles. The van der Waals surface area contributed by atoms with Gasteiger partial charge in [0.1, 0.15) is 6.54 Å². The largest absolute Gasteiger partial charge is 0.354 e. The molecule has 2 bridgehead atoms. The van der Waals surface area contributed by atoms with Crippen molar-refractivity contribution in [2.75, 3.05) is 26.2 Å². The summed E-state index contributed by atoms with van der Waals surface area (Å²) in [4.78, 5) is 45.6. The third-order valence-corrected chi connectivity index (χ3v) is 7.50. The smallest absolute Gasteiger partial charge is 0.347 e. The molecule has 1 saturated carbocycles. The predicted molar refractivity (Wildman–Crippen MR) is 111 cm³/mol. The Morgan fingerprint density at radius 1 is 1.13 bits per heavy atom. The van der Waals surface area contributed by atoms with Gasteiger partial charge in [-0.2, -0.15) is 0 Å². The average Bonchev–Trinajstić information content (AvgIpc) is 3.60. The summed E-state index contributed by atoms with van der Waals surface area (Å²) < 4.78 is 1.38. The fourth-order valence-corrected chi connectivity index (χ4v) is 5.84. The number of rotatable bonds is 5. The van der Waals surface area contributed by atoms with Gasteiger partial charge in [0.25, 0.3) is 0 Å². The number of hydrogen-bond acceptors (Lipinski definition) is 5. The maximum Gasteiger partial charge on any atom is 0.347 e. The van der Waals surface area contributed by atoms with E-state index in [1.54, 1.807) is 12.3 Å². The first-order valence-corrected chi connectivity index (χ1v) is 11.4. The molecule has 8 nitrogen and oxygen atoms in total. The number of carbonyl (C=O) groups is 2. The van der Waals surface area contributed by atoms with Crippen molar-refractivity contribution in [2.45, 2.75) is 57.2 Å².